The summed E-state index contributed by atoms with van der Waals surface area (Å²) in [4.78, 5) is 22.1. The van der Waals surface area contributed by atoms with Gasteiger partial charge in [0.1, 0.15) is 12.1 Å². The lowest BCUT2D eigenvalue weighted by atomic mass is 9.91. The zero-order chi connectivity index (χ0) is 13.0. The quantitative estimate of drug-likeness (QED) is 0.815. The summed E-state index contributed by atoms with van der Waals surface area (Å²) < 4.78 is 0. The SMILES string of the molecule is CC(C)C(=O)CN1CCC(c2cncnc2)CC1. The van der Waals surface area contributed by atoms with E-state index in [4.69, 9.17) is 0 Å². The maximum Gasteiger partial charge on any atom is 0.149 e. The lowest BCUT2D eigenvalue weighted by molar-refractivity contribution is -0.123. The highest BCUT2D eigenvalue weighted by molar-refractivity contribution is 5.82. The molecule has 0 spiro atoms. The predicted octanol–water partition coefficient (Wildman–Crippen LogP) is 1.88. The van der Waals surface area contributed by atoms with Gasteiger partial charge < -0.3 is 0 Å². The Bertz CT molecular complexity index is 383. The van der Waals surface area contributed by atoms with Crippen LogP contribution in [-0.2, 0) is 4.79 Å². The van der Waals surface area contributed by atoms with E-state index >= 15 is 0 Å². The molecule has 1 aromatic rings. The van der Waals surface area contributed by atoms with Gasteiger partial charge >= 0.3 is 0 Å². The van der Waals surface area contributed by atoms with Crippen LogP contribution >= 0.6 is 0 Å². The van der Waals surface area contributed by atoms with Gasteiger partial charge in [-0.1, -0.05) is 13.8 Å². The molecule has 0 atom stereocenters. The number of ketones is 1. The van der Waals surface area contributed by atoms with Crippen molar-refractivity contribution in [3.63, 3.8) is 0 Å². The van der Waals surface area contributed by atoms with Gasteiger partial charge in [0.05, 0.1) is 6.54 Å². The minimum absolute atomic E-state index is 0.144. The minimum atomic E-state index is 0.144. The van der Waals surface area contributed by atoms with Crippen molar-refractivity contribution in [1.82, 2.24) is 14.9 Å². The van der Waals surface area contributed by atoms with Gasteiger partial charge in [-0.25, -0.2) is 9.97 Å². The van der Waals surface area contributed by atoms with E-state index in [0.717, 1.165) is 25.9 Å². The second kappa shape index (κ2) is 6.05. The topological polar surface area (TPSA) is 46.1 Å². The van der Waals surface area contributed by atoms with Crippen LogP contribution in [0.2, 0.25) is 0 Å². The summed E-state index contributed by atoms with van der Waals surface area (Å²) >= 11 is 0. The second-order valence-corrected chi connectivity index (χ2v) is 5.34. The maximum absolute atomic E-state index is 11.7. The first kappa shape index (κ1) is 13.1. The van der Waals surface area contributed by atoms with Crippen LogP contribution in [0.1, 0.15) is 38.2 Å². The number of hydrogen-bond acceptors (Lipinski definition) is 4. The largest absolute Gasteiger partial charge is 0.298 e. The highest BCUT2D eigenvalue weighted by Crippen LogP contribution is 2.26. The molecule has 98 valence electrons. The molecule has 1 aliphatic heterocycles. The first-order valence-electron chi connectivity index (χ1n) is 6.67. The van der Waals surface area contributed by atoms with E-state index in [-0.39, 0.29) is 5.92 Å². The molecule has 1 saturated heterocycles. The molecule has 0 aromatic carbocycles. The number of carbonyl (C=O) groups is 1. The second-order valence-electron chi connectivity index (χ2n) is 5.34. The molecule has 2 rings (SSSR count). The van der Waals surface area contributed by atoms with Crippen molar-refractivity contribution in [2.45, 2.75) is 32.6 Å². The Morgan fingerprint density at radius 1 is 1.33 bits per heavy atom. The molecule has 1 fully saturated rings. The molecule has 0 saturated carbocycles. The van der Waals surface area contributed by atoms with Crippen LogP contribution < -0.4 is 0 Å². The van der Waals surface area contributed by atoms with Crippen LogP contribution in [0.25, 0.3) is 0 Å². The molecule has 0 radical (unpaired) electrons. The third-order valence-electron chi connectivity index (χ3n) is 3.66. The Kier molecular flexibility index (Phi) is 4.42. The fourth-order valence-electron chi connectivity index (χ4n) is 2.35. The van der Waals surface area contributed by atoms with E-state index in [0.29, 0.717) is 18.2 Å². The number of Topliss-reactive ketones (excluding diaryl/α,β-unsaturated/α-hetero) is 1. The highest BCUT2D eigenvalue weighted by Gasteiger charge is 2.22. The van der Waals surface area contributed by atoms with Gasteiger partial charge in [0.2, 0.25) is 0 Å². The number of nitrogens with zero attached hydrogens (tertiary/aromatic N) is 3. The third-order valence-corrected chi connectivity index (χ3v) is 3.66. The van der Waals surface area contributed by atoms with Crippen molar-refractivity contribution < 1.29 is 4.79 Å². The molecule has 1 aliphatic rings. The highest BCUT2D eigenvalue weighted by atomic mass is 16.1. The summed E-state index contributed by atoms with van der Waals surface area (Å²) in [7, 11) is 0. The molecule has 0 aliphatic carbocycles. The lowest BCUT2D eigenvalue weighted by Gasteiger charge is -2.31. The Balaban J connectivity index is 1.83. The normalized spacial score (nSPS) is 18.2. The fraction of sp³-hybridized carbons (Fsp3) is 0.643. The maximum atomic E-state index is 11.7. The number of likely N-dealkylation sites (tertiary alicyclic amines) is 1. The van der Waals surface area contributed by atoms with Crippen molar-refractivity contribution in [2.75, 3.05) is 19.6 Å². The van der Waals surface area contributed by atoms with Crippen molar-refractivity contribution in [1.29, 1.82) is 0 Å². The number of aromatic nitrogens is 2. The Morgan fingerprint density at radius 2 is 1.94 bits per heavy atom. The van der Waals surface area contributed by atoms with Crippen molar-refractivity contribution in [2.24, 2.45) is 5.92 Å². The Morgan fingerprint density at radius 3 is 2.50 bits per heavy atom. The van der Waals surface area contributed by atoms with Crippen LogP contribution in [0.15, 0.2) is 18.7 Å². The molecule has 2 heterocycles. The van der Waals surface area contributed by atoms with Gasteiger partial charge in [0.25, 0.3) is 0 Å². The van der Waals surface area contributed by atoms with Crippen LogP contribution in [0.3, 0.4) is 0 Å². The van der Waals surface area contributed by atoms with E-state index in [1.807, 2.05) is 26.2 Å². The van der Waals surface area contributed by atoms with Gasteiger partial charge in [-0.2, -0.15) is 0 Å². The number of piperidine rings is 1. The van der Waals surface area contributed by atoms with Crippen molar-refractivity contribution >= 4 is 5.78 Å². The molecule has 0 N–H and O–H groups in total. The summed E-state index contributed by atoms with van der Waals surface area (Å²) in [5.41, 5.74) is 1.23. The molecular weight excluding hydrogens is 226 g/mol. The molecule has 1 aromatic heterocycles. The number of carbonyl (C=O) groups excluding carboxylic acids is 1. The monoisotopic (exact) mass is 247 g/mol. The lowest BCUT2D eigenvalue weighted by Crippen LogP contribution is -2.38. The molecule has 0 amide bonds. The first-order valence-corrected chi connectivity index (χ1v) is 6.67. The average molecular weight is 247 g/mol. The minimum Gasteiger partial charge on any atom is -0.298 e. The zero-order valence-corrected chi connectivity index (χ0v) is 11.2. The van der Waals surface area contributed by atoms with Crippen LogP contribution in [-0.4, -0.2) is 40.3 Å². The van der Waals surface area contributed by atoms with Gasteiger partial charge in [0.15, 0.2) is 0 Å². The van der Waals surface area contributed by atoms with Gasteiger partial charge in [-0.05, 0) is 37.4 Å². The van der Waals surface area contributed by atoms with E-state index in [1.165, 1.54) is 5.56 Å². The van der Waals surface area contributed by atoms with Crippen molar-refractivity contribution in [3.8, 4) is 0 Å². The molecule has 0 bridgehead atoms. The number of hydrogen-bond donors (Lipinski definition) is 0. The molecule has 18 heavy (non-hydrogen) atoms. The zero-order valence-electron chi connectivity index (χ0n) is 11.2. The van der Waals surface area contributed by atoms with Crippen LogP contribution in [0.4, 0.5) is 0 Å². The standard InChI is InChI=1S/C14H21N3O/c1-11(2)14(18)9-17-5-3-12(4-6-17)13-7-15-10-16-8-13/h7-8,10-12H,3-6,9H2,1-2H3. The summed E-state index contributed by atoms with van der Waals surface area (Å²) in [5.74, 6) is 1.04. The summed E-state index contributed by atoms with van der Waals surface area (Å²) in [5, 5.41) is 0. The Labute approximate surface area is 108 Å². The van der Waals surface area contributed by atoms with E-state index < -0.39 is 0 Å². The van der Waals surface area contributed by atoms with Crippen molar-refractivity contribution in [3.05, 3.63) is 24.3 Å². The molecule has 4 nitrogen and oxygen atoms in total. The summed E-state index contributed by atoms with van der Waals surface area (Å²) in [6, 6.07) is 0. The van der Waals surface area contributed by atoms with Gasteiger partial charge in [-0.3, -0.25) is 9.69 Å². The summed E-state index contributed by atoms with van der Waals surface area (Å²) in [6.45, 7) is 6.54. The number of rotatable bonds is 4. The average Bonchev–Trinajstić information content (AvgIpc) is 2.40. The van der Waals surface area contributed by atoms with Crippen LogP contribution in [0, 0.1) is 5.92 Å². The Hall–Kier alpha value is -1.29. The van der Waals surface area contributed by atoms with Gasteiger partial charge in [-0.15, -0.1) is 0 Å². The van der Waals surface area contributed by atoms with E-state index in [2.05, 4.69) is 14.9 Å². The molecule has 4 heteroatoms. The molecular formula is C14H21N3O. The first-order chi connectivity index (χ1) is 8.66. The van der Waals surface area contributed by atoms with Crippen LogP contribution in [0.5, 0.6) is 0 Å². The smallest absolute Gasteiger partial charge is 0.149 e. The molecule has 0 unspecified atom stereocenters. The van der Waals surface area contributed by atoms with E-state index in [1.54, 1.807) is 6.33 Å². The van der Waals surface area contributed by atoms with E-state index in [9.17, 15) is 4.79 Å². The predicted molar refractivity (Wildman–Crippen MR) is 70.3 cm³/mol. The summed E-state index contributed by atoms with van der Waals surface area (Å²) in [6.07, 6.45) is 7.58. The third kappa shape index (κ3) is 3.35. The fourth-order valence-corrected chi connectivity index (χ4v) is 2.35. The van der Waals surface area contributed by atoms with Gasteiger partial charge in [0, 0.05) is 18.3 Å².